The number of nitrogens with zero attached hydrogens (tertiary/aromatic N) is 1. The Kier molecular flexibility index (Phi) is 6.97. The minimum absolute atomic E-state index is 0.395. The average Bonchev–Trinajstić information content (AvgIpc) is 2.51. The van der Waals surface area contributed by atoms with E-state index in [4.69, 9.17) is 16.3 Å². The molecule has 1 aliphatic rings. The van der Waals surface area contributed by atoms with Crippen LogP contribution in [0.15, 0.2) is 24.3 Å². The second kappa shape index (κ2) is 8.74. The molecular weight excluding hydrogens is 284 g/mol. The molecule has 0 radical (unpaired) electrons. The molecule has 2 rings (SSSR count). The molecule has 0 amide bonds. The molecule has 1 unspecified atom stereocenters. The van der Waals surface area contributed by atoms with Gasteiger partial charge in [0.15, 0.2) is 0 Å². The number of ether oxygens (including phenoxy) is 1. The van der Waals surface area contributed by atoms with E-state index in [1.807, 2.05) is 19.2 Å². The molecule has 4 heteroatoms. The summed E-state index contributed by atoms with van der Waals surface area (Å²) in [4.78, 5) is 2.55. The summed E-state index contributed by atoms with van der Waals surface area (Å²) in [5, 5.41) is 4.21. The summed E-state index contributed by atoms with van der Waals surface area (Å²) in [6.07, 6.45) is 3.93. The Labute approximate surface area is 133 Å². The quantitative estimate of drug-likeness (QED) is 0.834. The van der Waals surface area contributed by atoms with Gasteiger partial charge >= 0.3 is 0 Å². The first-order valence-electron chi connectivity index (χ1n) is 7.99. The first-order valence-corrected chi connectivity index (χ1v) is 8.37. The summed E-state index contributed by atoms with van der Waals surface area (Å²) in [7, 11) is 2.03. The summed E-state index contributed by atoms with van der Waals surface area (Å²) in [6.45, 7) is 6.36. The Bertz CT molecular complexity index is 402. The molecule has 1 N–H and O–H groups in total. The summed E-state index contributed by atoms with van der Waals surface area (Å²) in [5.74, 6) is 0. The summed E-state index contributed by atoms with van der Waals surface area (Å²) >= 11 is 5.96. The third-order valence-corrected chi connectivity index (χ3v) is 4.54. The van der Waals surface area contributed by atoms with Gasteiger partial charge in [0.25, 0.3) is 0 Å². The van der Waals surface area contributed by atoms with Crippen LogP contribution < -0.4 is 5.32 Å². The zero-order chi connectivity index (χ0) is 15.1. The van der Waals surface area contributed by atoms with Gasteiger partial charge in [0.1, 0.15) is 0 Å². The van der Waals surface area contributed by atoms with Crippen molar-refractivity contribution in [1.29, 1.82) is 0 Å². The lowest BCUT2D eigenvalue weighted by molar-refractivity contribution is 0.0136. The molecule has 1 aliphatic heterocycles. The molecule has 1 aromatic rings. The first-order chi connectivity index (χ1) is 10.2. The van der Waals surface area contributed by atoms with Crippen molar-refractivity contribution < 1.29 is 4.74 Å². The third-order valence-electron chi connectivity index (χ3n) is 4.29. The van der Waals surface area contributed by atoms with Crippen molar-refractivity contribution in [2.24, 2.45) is 0 Å². The van der Waals surface area contributed by atoms with Gasteiger partial charge in [0.05, 0.1) is 6.10 Å². The van der Waals surface area contributed by atoms with Gasteiger partial charge in [-0.25, -0.2) is 0 Å². The smallest absolute Gasteiger partial charge is 0.0599 e. The van der Waals surface area contributed by atoms with E-state index in [-0.39, 0.29) is 0 Å². The van der Waals surface area contributed by atoms with Gasteiger partial charge in [-0.1, -0.05) is 23.7 Å². The van der Waals surface area contributed by atoms with E-state index in [2.05, 4.69) is 29.3 Å². The lowest BCUT2D eigenvalue weighted by Crippen LogP contribution is -2.38. The van der Waals surface area contributed by atoms with Crippen LogP contribution in [0.25, 0.3) is 0 Å². The molecule has 1 atom stereocenters. The van der Waals surface area contributed by atoms with Crippen molar-refractivity contribution in [3.05, 3.63) is 34.9 Å². The Morgan fingerprint density at radius 1 is 1.29 bits per heavy atom. The lowest BCUT2D eigenvalue weighted by atomic mass is 10.0. The van der Waals surface area contributed by atoms with Gasteiger partial charge in [-0.05, 0) is 57.5 Å². The van der Waals surface area contributed by atoms with Gasteiger partial charge in [-0.3, -0.25) is 0 Å². The van der Waals surface area contributed by atoms with Crippen molar-refractivity contribution >= 4 is 11.6 Å². The van der Waals surface area contributed by atoms with Gasteiger partial charge in [0, 0.05) is 30.8 Å². The van der Waals surface area contributed by atoms with Crippen molar-refractivity contribution in [3.63, 3.8) is 0 Å². The largest absolute Gasteiger partial charge is 0.378 e. The van der Waals surface area contributed by atoms with Gasteiger partial charge < -0.3 is 15.0 Å². The van der Waals surface area contributed by atoms with Crippen LogP contribution in [-0.4, -0.2) is 44.3 Å². The number of piperidine rings is 1. The molecule has 1 fully saturated rings. The third kappa shape index (κ3) is 5.26. The fourth-order valence-corrected chi connectivity index (χ4v) is 3.15. The molecular formula is C17H27ClN2O. The maximum Gasteiger partial charge on any atom is 0.0599 e. The van der Waals surface area contributed by atoms with E-state index in [1.54, 1.807) is 0 Å². The fraction of sp³-hybridized carbons (Fsp3) is 0.647. The molecule has 0 spiro atoms. The second-order valence-corrected chi connectivity index (χ2v) is 6.11. The summed E-state index contributed by atoms with van der Waals surface area (Å²) in [6, 6.07) is 8.56. The maximum absolute atomic E-state index is 5.96. The number of nitrogens with one attached hydrogen (secondary N) is 1. The normalized spacial score (nSPS) is 18.8. The lowest BCUT2D eigenvalue weighted by Gasteiger charge is -2.32. The Morgan fingerprint density at radius 3 is 2.52 bits per heavy atom. The highest BCUT2D eigenvalue weighted by Gasteiger charge is 2.20. The number of likely N-dealkylation sites (tertiary alicyclic amines) is 1. The minimum Gasteiger partial charge on any atom is -0.378 e. The fourth-order valence-electron chi connectivity index (χ4n) is 3.02. The van der Waals surface area contributed by atoms with Crippen LogP contribution in [-0.2, 0) is 4.74 Å². The molecule has 1 heterocycles. The summed E-state index contributed by atoms with van der Waals surface area (Å²) < 4.78 is 5.71. The topological polar surface area (TPSA) is 24.5 Å². The molecule has 0 bridgehead atoms. The van der Waals surface area contributed by atoms with Crippen LogP contribution in [0.3, 0.4) is 0 Å². The average molecular weight is 311 g/mol. The maximum atomic E-state index is 5.96. The van der Waals surface area contributed by atoms with E-state index in [9.17, 15) is 0 Å². The van der Waals surface area contributed by atoms with Gasteiger partial charge in [-0.2, -0.15) is 0 Å². The molecule has 118 valence electrons. The highest BCUT2D eigenvalue weighted by Crippen LogP contribution is 2.21. The molecule has 21 heavy (non-hydrogen) atoms. The van der Waals surface area contributed by atoms with E-state index >= 15 is 0 Å². The molecule has 1 aromatic carbocycles. The zero-order valence-corrected chi connectivity index (χ0v) is 13.9. The number of benzene rings is 1. The molecule has 0 aromatic heterocycles. The highest BCUT2D eigenvalue weighted by atomic mass is 35.5. The SMILES string of the molecule is CCOC1CCN(CCC(NC)c2ccc(Cl)cc2)CC1. The molecule has 1 saturated heterocycles. The molecule has 3 nitrogen and oxygen atoms in total. The van der Waals surface area contributed by atoms with Gasteiger partial charge in [0.2, 0.25) is 0 Å². The van der Waals surface area contributed by atoms with Crippen LogP contribution in [0.4, 0.5) is 0 Å². The second-order valence-electron chi connectivity index (χ2n) is 5.68. The Balaban J connectivity index is 1.77. The standard InChI is InChI=1S/C17H27ClN2O/c1-3-21-16-8-11-20(12-9-16)13-10-17(19-2)14-4-6-15(18)7-5-14/h4-7,16-17,19H,3,8-13H2,1-2H3. The van der Waals surface area contributed by atoms with Crippen LogP contribution in [0, 0.1) is 0 Å². The minimum atomic E-state index is 0.395. The van der Waals surface area contributed by atoms with Gasteiger partial charge in [-0.15, -0.1) is 0 Å². The number of halogens is 1. The van der Waals surface area contributed by atoms with Crippen LogP contribution >= 0.6 is 11.6 Å². The predicted molar refractivity (Wildman–Crippen MR) is 89.0 cm³/mol. The number of rotatable bonds is 7. The van der Waals surface area contributed by atoms with Crippen LogP contribution in [0.2, 0.25) is 5.02 Å². The van der Waals surface area contributed by atoms with E-state index < -0.39 is 0 Å². The van der Waals surface area contributed by atoms with E-state index in [0.29, 0.717) is 12.1 Å². The Morgan fingerprint density at radius 2 is 1.95 bits per heavy atom. The molecule has 0 aliphatic carbocycles. The van der Waals surface area contributed by atoms with E-state index in [0.717, 1.165) is 37.7 Å². The zero-order valence-electron chi connectivity index (χ0n) is 13.1. The van der Waals surface area contributed by atoms with Crippen molar-refractivity contribution in [2.75, 3.05) is 33.3 Å². The van der Waals surface area contributed by atoms with Crippen molar-refractivity contribution in [2.45, 2.75) is 38.3 Å². The number of hydrogen-bond donors (Lipinski definition) is 1. The molecule has 0 saturated carbocycles. The van der Waals surface area contributed by atoms with E-state index in [1.165, 1.54) is 18.4 Å². The predicted octanol–water partition coefficient (Wildman–Crippen LogP) is 3.49. The summed E-state index contributed by atoms with van der Waals surface area (Å²) in [5.41, 5.74) is 1.31. The number of hydrogen-bond acceptors (Lipinski definition) is 3. The van der Waals surface area contributed by atoms with Crippen molar-refractivity contribution in [3.8, 4) is 0 Å². The van der Waals surface area contributed by atoms with Crippen molar-refractivity contribution in [1.82, 2.24) is 10.2 Å². The van der Waals surface area contributed by atoms with Crippen LogP contribution in [0.5, 0.6) is 0 Å². The first kappa shape index (κ1) is 16.8. The van der Waals surface area contributed by atoms with Crippen LogP contribution in [0.1, 0.15) is 37.8 Å². The monoisotopic (exact) mass is 310 g/mol. The highest BCUT2D eigenvalue weighted by molar-refractivity contribution is 6.30. The Hall–Kier alpha value is -0.610.